The van der Waals surface area contributed by atoms with Crippen LogP contribution in [0, 0.1) is 5.92 Å². The van der Waals surface area contributed by atoms with Crippen LogP contribution in [-0.4, -0.2) is 25.7 Å². The molecule has 29 heavy (non-hydrogen) atoms. The van der Waals surface area contributed by atoms with Gasteiger partial charge in [-0.05, 0) is 59.9 Å². The molecular weight excluding hydrogens is 384 g/mol. The molecule has 0 radical (unpaired) electrons. The number of nitrogens with one attached hydrogen (secondary N) is 1. The Morgan fingerprint density at radius 3 is 2.79 bits per heavy atom. The lowest BCUT2D eigenvalue weighted by molar-refractivity contribution is 0.139. The van der Waals surface area contributed by atoms with E-state index in [1.807, 2.05) is 6.07 Å². The first-order valence-corrected chi connectivity index (χ1v) is 10.8. The molecule has 0 saturated heterocycles. The average Bonchev–Trinajstić information content (AvgIpc) is 3.31. The lowest BCUT2D eigenvalue weighted by atomic mass is 9.86. The second kappa shape index (κ2) is 6.71. The SMILES string of the molecule is C[C@H]1C[C@@H](n2ccc3c(N[C@H]4CC(C)(C)c5cc(Cl)ccc54)ncnc32)C[C@H]1O. The third kappa shape index (κ3) is 3.11. The summed E-state index contributed by atoms with van der Waals surface area (Å²) in [5.74, 6) is 1.19. The van der Waals surface area contributed by atoms with Gasteiger partial charge in [0.05, 0.1) is 17.5 Å². The summed E-state index contributed by atoms with van der Waals surface area (Å²) in [6.07, 6.45) is 6.23. The molecule has 1 saturated carbocycles. The van der Waals surface area contributed by atoms with Gasteiger partial charge < -0.3 is 15.0 Å². The van der Waals surface area contributed by atoms with Crippen molar-refractivity contribution in [2.75, 3.05) is 5.32 Å². The van der Waals surface area contributed by atoms with Crippen LogP contribution >= 0.6 is 11.6 Å². The molecule has 5 nitrogen and oxygen atoms in total. The molecule has 2 heterocycles. The average molecular weight is 411 g/mol. The van der Waals surface area contributed by atoms with E-state index in [1.54, 1.807) is 6.33 Å². The van der Waals surface area contributed by atoms with Crippen molar-refractivity contribution in [1.29, 1.82) is 0 Å². The number of halogens is 1. The fraction of sp³-hybridized carbons (Fsp3) is 0.478. The van der Waals surface area contributed by atoms with Gasteiger partial charge in [-0.25, -0.2) is 9.97 Å². The van der Waals surface area contributed by atoms with Gasteiger partial charge in [-0.3, -0.25) is 0 Å². The van der Waals surface area contributed by atoms with Crippen LogP contribution < -0.4 is 5.32 Å². The van der Waals surface area contributed by atoms with E-state index in [0.29, 0.717) is 5.92 Å². The third-order valence-electron chi connectivity index (χ3n) is 6.86. The minimum absolute atomic E-state index is 0.0616. The summed E-state index contributed by atoms with van der Waals surface area (Å²) in [5, 5.41) is 15.7. The first-order valence-electron chi connectivity index (χ1n) is 10.4. The summed E-state index contributed by atoms with van der Waals surface area (Å²) in [7, 11) is 0. The number of aliphatic hydroxyl groups is 1. The zero-order valence-electron chi connectivity index (χ0n) is 17.1. The predicted molar refractivity (Wildman–Crippen MR) is 116 cm³/mol. The molecule has 2 N–H and O–H groups in total. The van der Waals surface area contributed by atoms with Crippen LogP contribution in [-0.2, 0) is 5.41 Å². The maximum atomic E-state index is 10.2. The van der Waals surface area contributed by atoms with Crippen LogP contribution in [0.4, 0.5) is 5.82 Å². The lowest BCUT2D eigenvalue weighted by Gasteiger charge is -2.20. The largest absolute Gasteiger partial charge is 0.393 e. The number of anilines is 1. The smallest absolute Gasteiger partial charge is 0.145 e. The maximum Gasteiger partial charge on any atom is 0.145 e. The molecule has 2 aliphatic carbocycles. The molecule has 1 fully saturated rings. The van der Waals surface area contributed by atoms with Crippen molar-refractivity contribution in [3.63, 3.8) is 0 Å². The van der Waals surface area contributed by atoms with E-state index >= 15 is 0 Å². The van der Waals surface area contributed by atoms with E-state index in [4.69, 9.17) is 11.6 Å². The van der Waals surface area contributed by atoms with Gasteiger partial charge in [0.1, 0.15) is 17.8 Å². The highest BCUT2D eigenvalue weighted by atomic mass is 35.5. The number of aromatic nitrogens is 3. The molecule has 0 spiro atoms. The molecule has 4 atom stereocenters. The number of aliphatic hydroxyl groups excluding tert-OH is 1. The highest BCUT2D eigenvalue weighted by Crippen LogP contribution is 2.47. The number of rotatable bonds is 3. The first kappa shape index (κ1) is 18.9. The third-order valence-corrected chi connectivity index (χ3v) is 7.10. The van der Waals surface area contributed by atoms with E-state index in [0.717, 1.165) is 41.1 Å². The van der Waals surface area contributed by atoms with Gasteiger partial charge >= 0.3 is 0 Å². The topological polar surface area (TPSA) is 63.0 Å². The highest BCUT2D eigenvalue weighted by Gasteiger charge is 2.37. The quantitative estimate of drug-likeness (QED) is 0.618. The predicted octanol–water partition coefficient (Wildman–Crippen LogP) is 5.25. The van der Waals surface area contributed by atoms with Crippen molar-refractivity contribution in [1.82, 2.24) is 14.5 Å². The molecule has 0 aliphatic heterocycles. The van der Waals surface area contributed by atoms with E-state index in [9.17, 15) is 5.11 Å². The van der Waals surface area contributed by atoms with Gasteiger partial charge in [-0.2, -0.15) is 0 Å². The molecular formula is C23H27ClN4O. The second-order valence-corrected chi connectivity index (χ2v) is 9.81. The van der Waals surface area contributed by atoms with Gasteiger partial charge in [0.2, 0.25) is 0 Å². The van der Waals surface area contributed by atoms with E-state index in [-0.39, 0.29) is 23.6 Å². The van der Waals surface area contributed by atoms with Crippen LogP contribution in [0.5, 0.6) is 0 Å². The fourth-order valence-corrected chi connectivity index (χ4v) is 5.42. The summed E-state index contributed by atoms with van der Waals surface area (Å²) in [4.78, 5) is 9.14. The van der Waals surface area contributed by atoms with Gasteiger partial charge in [0, 0.05) is 17.3 Å². The van der Waals surface area contributed by atoms with Gasteiger partial charge in [0.15, 0.2) is 0 Å². The minimum atomic E-state index is -0.235. The minimum Gasteiger partial charge on any atom is -0.393 e. The maximum absolute atomic E-state index is 10.2. The molecule has 5 rings (SSSR count). The van der Waals surface area contributed by atoms with Crippen LogP contribution in [0.2, 0.25) is 5.02 Å². The Hall–Kier alpha value is -2.11. The Balaban J connectivity index is 1.48. The number of fused-ring (bicyclic) bond motifs is 2. The summed E-state index contributed by atoms with van der Waals surface area (Å²) < 4.78 is 2.21. The highest BCUT2D eigenvalue weighted by molar-refractivity contribution is 6.30. The number of hydrogen-bond acceptors (Lipinski definition) is 4. The zero-order chi connectivity index (χ0) is 20.3. The Morgan fingerprint density at radius 1 is 1.21 bits per heavy atom. The first-order chi connectivity index (χ1) is 13.8. The number of nitrogens with zero attached hydrogens (tertiary/aromatic N) is 3. The van der Waals surface area contributed by atoms with Crippen molar-refractivity contribution in [3.8, 4) is 0 Å². The second-order valence-electron chi connectivity index (χ2n) is 9.37. The van der Waals surface area contributed by atoms with Crippen molar-refractivity contribution in [2.24, 2.45) is 5.92 Å². The summed E-state index contributed by atoms with van der Waals surface area (Å²) in [5.41, 5.74) is 3.59. The molecule has 1 aromatic carbocycles. The van der Waals surface area contributed by atoms with Crippen molar-refractivity contribution in [2.45, 2.75) is 63.6 Å². The molecule has 2 aliphatic rings. The van der Waals surface area contributed by atoms with Crippen molar-refractivity contribution in [3.05, 3.63) is 52.9 Å². The lowest BCUT2D eigenvalue weighted by Crippen LogP contribution is -2.15. The van der Waals surface area contributed by atoms with Gasteiger partial charge in [0.25, 0.3) is 0 Å². The van der Waals surface area contributed by atoms with Crippen molar-refractivity contribution < 1.29 is 5.11 Å². The summed E-state index contributed by atoms with van der Waals surface area (Å²) >= 11 is 6.26. The molecule has 0 amide bonds. The molecule has 0 unspecified atom stereocenters. The fourth-order valence-electron chi connectivity index (χ4n) is 5.24. The standard InChI is InChI=1S/C23H27ClN4O/c1-13-8-15(10-20(13)29)28-7-6-17-21(25-12-26-22(17)28)27-19-11-23(2,3)18-9-14(24)4-5-16(18)19/h4-7,9,12-13,15,19-20,29H,8,10-11H2,1-3H3,(H,25,26,27)/t13-,15+,19-,20+/m0/s1. The normalized spacial score (nSPS) is 28.0. The number of benzene rings is 1. The Kier molecular flexibility index (Phi) is 4.37. The number of hydrogen-bond donors (Lipinski definition) is 2. The molecule has 3 aromatic rings. The monoisotopic (exact) mass is 410 g/mol. The van der Waals surface area contributed by atoms with Crippen LogP contribution in [0.1, 0.15) is 63.2 Å². The Morgan fingerprint density at radius 2 is 2.03 bits per heavy atom. The summed E-state index contributed by atoms with van der Waals surface area (Å²) in [6, 6.07) is 8.76. The van der Waals surface area contributed by atoms with Gasteiger partial charge in [-0.1, -0.05) is 38.4 Å². The van der Waals surface area contributed by atoms with Crippen LogP contribution in [0.25, 0.3) is 11.0 Å². The molecule has 0 bridgehead atoms. The zero-order valence-corrected chi connectivity index (χ0v) is 17.8. The Labute approximate surface area is 176 Å². The van der Waals surface area contributed by atoms with E-state index < -0.39 is 0 Å². The molecule has 6 heteroatoms. The summed E-state index contributed by atoms with van der Waals surface area (Å²) in [6.45, 7) is 6.65. The van der Waals surface area contributed by atoms with Gasteiger partial charge in [-0.15, -0.1) is 0 Å². The molecule has 2 aromatic heterocycles. The van der Waals surface area contributed by atoms with Crippen LogP contribution in [0.3, 0.4) is 0 Å². The van der Waals surface area contributed by atoms with E-state index in [2.05, 4.69) is 65.0 Å². The van der Waals surface area contributed by atoms with Crippen molar-refractivity contribution >= 4 is 28.5 Å². The molecule has 152 valence electrons. The van der Waals surface area contributed by atoms with E-state index in [1.165, 1.54) is 11.1 Å². The van der Waals surface area contributed by atoms with Crippen LogP contribution in [0.15, 0.2) is 36.8 Å². The Bertz CT molecular complexity index is 1070.